The van der Waals surface area contributed by atoms with Crippen LogP contribution in [0.25, 0.3) is 0 Å². The lowest BCUT2D eigenvalue weighted by molar-refractivity contribution is -0.138. The fraction of sp³-hybridized carbons (Fsp3) is 0.714. The minimum Gasteiger partial charge on any atom is -0.327 e. The lowest BCUT2D eigenvalue weighted by Crippen LogP contribution is -2.27. The van der Waals surface area contributed by atoms with Gasteiger partial charge < -0.3 is 5.73 Å². The van der Waals surface area contributed by atoms with Crippen LogP contribution in [-0.2, 0) is 0 Å². The van der Waals surface area contributed by atoms with E-state index in [0.717, 1.165) is 0 Å². The van der Waals surface area contributed by atoms with Crippen molar-refractivity contribution in [1.29, 1.82) is 0 Å². The zero-order valence-electron chi connectivity index (χ0n) is 6.41. The zero-order chi connectivity index (χ0) is 9.07. The second kappa shape index (κ2) is 3.76. The highest BCUT2D eigenvalue weighted by Crippen LogP contribution is 2.22. The number of rotatable bonds is 3. The van der Waals surface area contributed by atoms with Gasteiger partial charge in [-0.25, -0.2) is 0 Å². The molecule has 0 aromatic carbocycles. The zero-order valence-corrected chi connectivity index (χ0v) is 6.41. The molecule has 0 aromatic rings. The predicted octanol–water partition coefficient (Wildman–Crippen LogP) is 2.23. The van der Waals surface area contributed by atoms with Crippen molar-refractivity contribution in [2.45, 2.75) is 32.0 Å². The molecule has 0 saturated heterocycles. The van der Waals surface area contributed by atoms with Gasteiger partial charge in [0.2, 0.25) is 0 Å². The van der Waals surface area contributed by atoms with Gasteiger partial charge in [-0.3, -0.25) is 0 Å². The largest absolute Gasteiger partial charge is 0.390 e. The highest BCUT2D eigenvalue weighted by molar-refractivity contribution is 4.92. The van der Waals surface area contributed by atoms with Crippen LogP contribution < -0.4 is 5.73 Å². The summed E-state index contributed by atoms with van der Waals surface area (Å²) in [7, 11) is 0. The molecule has 4 heteroatoms. The Kier molecular flexibility index (Phi) is 3.58. The predicted molar refractivity (Wildman–Crippen MR) is 38.1 cm³/mol. The maximum Gasteiger partial charge on any atom is 0.390 e. The quantitative estimate of drug-likeness (QED) is 0.641. The van der Waals surface area contributed by atoms with E-state index >= 15 is 0 Å². The third-order valence-corrected chi connectivity index (χ3v) is 1.10. The summed E-state index contributed by atoms with van der Waals surface area (Å²) >= 11 is 0. The van der Waals surface area contributed by atoms with Gasteiger partial charge in [0.1, 0.15) is 0 Å². The van der Waals surface area contributed by atoms with Crippen molar-refractivity contribution in [2.75, 3.05) is 0 Å². The van der Waals surface area contributed by atoms with Crippen molar-refractivity contribution < 1.29 is 13.2 Å². The van der Waals surface area contributed by atoms with Crippen LogP contribution in [0.3, 0.4) is 0 Å². The highest BCUT2D eigenvalue weighted by atomic mass is 19.4. The molecule has 0 amide bonds. The van der Waals surface area contributed by atoms with Crippen LogP contribution in [0, 0.1) is 0 Å². The monoisotopic (exact) mass is 167 g/mol. The molecule has 66 valence electrons. The second-order valence-corrected chi connectivity index (χ2v) is 2.74. The molecule has 0 aromatic heterocycles. The van der Waals surface area contributed by atoms with Crippen LogP contribution in [0.4, 0.5) is 13.2 Å². The van der Waals surface area contributed by atoms with Gasteiger partial charge in [-0.15, -0.1) is 6.58 Å². The van der Waals surface area contributed by atoms with Gasteiger partial charge >= 0.3 is 6.18 Å². The van der Waals surface area contributed by atoms with E-state index in [4.69, 9.17) is 5.73 Å². The van der Waals surface area contributed by atoms with Gasteiger partial charge in [-0.1, -0.05) is 5.57 Å². The first-order valence-electron chi connectivity index (χ1n) is 3.28. The molecule has 0 aliphatic heterocycles. The molecule has 0 aliphatic carbocycles. The first-order valence-corrected chi connectivity index (χ1v) is 3.28. The van der Waals surface area contributed by atoms with E-state index < -0.39 is 18.6 Å². The summed E-state index contributed by atoms with van der Waals surface area (Å²) in [4.78, 5) is 0. The maximum absolute atomic E-state index is 11.6. The second-order valence-electron chi connectivity index (χ2n) is 2.74. The molecule has 0 aliphatic rings. The molecule has 2 N–H and O–H groups in total. The Morgan fingerprint density at radius 2 is 2.00 bits per heavy atom. The summed E-state index contributed by atoms with van der Waals surface area (Å²) in [6.07, 6.45) is -4.85. The van der Waals surface area contributed by atoms with E-state index in [-0.39, 0.29) is 6.42 Å². The normalized spacial score (nSPS) is 14.6. The molecule has 0 spiro atoms. The summed E-state index contributed by atoms with van der Waals surface area (Å²) in [5.74, 6) is 0. The highest BCUT2D eigenvalue weighted by Gasteiger charge is 2.29. The SMILES string of the molecule is C=C(C)CC(N)CC(F)(F)F. The van der Waals surface area contributed by atoms with E-state index in [2.05, 4.69) is 6.58 Å². The van der Waals surface area contributed by atoms with E-state index in [1.807, 2.05) is 0 Å². The van der Waals surface area contributed by atoms with E-state index in [0.29, 0.717) is 5.57 Å². The van der Waals surface area contributed by atoms with Crippen molar-refractivity contribution in [3.63, 3.8) is 0 Å². The average molecular weight is 167 g/mol. The Labute approximate surface area is 64.1 Å². The third kappa shape index (κ3) is 7.39. The Bertz CT molecular complexity index is 139. The standard InChI is InChI=1S/C7H12F3N/c1-5(2)3-6(11)4-7(8,9)10/h6H,1,3-4,11H2,2H3. The number of nitrogens with two attached hydrogens (primary N) is 1. The van der Waals surface area contributed by atoms with Crippen LogP contribution in [0.15, 0.2) is 12.2 Å². The molecule has 1 nitrogen and oxygen atoms in total. The summed E-state index contributed by atoms with van der Waals surface area (Å²) in [5.41, 5.74) is 5.86. The molecule has 0 fully saturated rings. The van der Waals surface area contributed by atoms with Crippen LogP contribution in [0.5, 0.6) is 0 Å². The molecule has 0 saturated carbocycles. The fourth-order valence-corrected chi connectivity index (χ4v) is 0.817. The van der Waals surface area contributed by atoms with Crippen molar-refractivity contribution in [1.82, 2.24) is 0 Å². The summed E-state index contributed by atoms with van der Waals surface area (Å²) in [6.45, 7) is 5.14. The van der Waals surface area contributed by atoms with Gasteiger partial charge in [0.05, 0.1) is 6.42 Å². The first kappa shape index (κ1) is 10.5. The van der Waals surface area contributed by atoms with Crippen molar-refractivity contribution in [3.05, 3.63) is 12.2 Å². The lowest BCUT2D eigenvalue weighted by atomic mass is 10.1. The number of halogens is 3. The van der Waals surface area contributed by atoms with Gasteiger partial charge in [0.25, 0.3) is 0 Å². The number of alkyl halides is 3. The first-order chi connectivity index (χ1) is 4.81. The Balaban J connectivity index is 3.69. The number of hydrogen-bond donors (Lipinski definition) is 1. The van der Waals surface area contributed by atoms with Crippen LogP contribution in [-0.4, -0.2) is 12.2 Å². The van der Waals surface area contributed by atoms with Crippen molar-refractivity contribution in [2.24, 2.45) is 5.73 Å². The van der Waals surface area contributed by atoms with Crippen LogP contribution >= 0.6 is 0 Å². The van der Waals surface area contributed by atoms with E-state index in [9.17, 15) is 13.2 Å². The van der Waals surface area contributed by atoms with Gasteiger partial charge in [-0.2, -0.15) is 13.2 Å². The molecule has 0 rings (SSSR count). The smallest absolute Gasteiger partial charge is 0.327 e. The molecular weight excluding hydrogens is 155 g/mol. The average Bonchev–Trinajstić information content (AvgIpc) is 1.53. The van der Waals surface area contributed by atoms with Crippen LogP contribution in [0.1, 0.15) is 19.8 Å². The molecule has 1 unspecified atom stereocenters. The molecule has 1 atom stereocenters. The lowest BCUT2D eigenvalue weighted by Gasteiger charge is -2.13. The molecule has 11 heavy (non-hydrogen) atoms. The van der Waals surface area contributed by atoms with Crippen molar-refractivity contribution >= 4 is 0 Å². The molecular formula is C7H12F3N. The minimum absolute atomic E-state index is 0.236. The van der Waals surface area contributed by atoms with E-state index in [1.54, 1.807) is 6.92 Å². The van der Waals surface area contributed by atoms with Crippen molar-refractivity contribution in [3.8, 4) is 0 Å². The Morgan fingerprint density at radius 1 is 1.55 bits per heavy atom. The Morgan fingerprint density at radius 3 is 2.27 bits per heavy atom. The van der Waals surface area contributed by atoms with E-state index in [1.165, 1.54) is 0 Å². The van der Waals surface area contributed by atoms with Gasteiger partial charge in [-0.05, 0) is 13.3 Å². The summed E-state index contributed by atoms with van der Waals surface area (Å²) in [6, 6.07) is -0.840. The van der Waals surface area contributed by atoms with Crippen LogP contribution in [0.2, 0.25) is 0 Å². The number of hydrogen-bond acceptors (Lipinski definition) is 1. The topological polar surface area (TPSA) is 26.0 Å². The maximum atomic E-state index is 11.6. The van der Waals surface area contributed by atoms with Gasteiger partial charge in [0, 0.05) is 6.04 Å². The van der Waals surface area contributed by atoms with Gasteiger partial charge in [0.15, 0.2) is 0 Å². The fourth-order valence-electron chi connectivity index (χ4n) is 0.817. The molecule has 0 radical (unpaired) electrons. The molecule has 0 bridgehead atoms. The summed E-state index contributed by atoms with van der Waals surface area (Å²) < 4.78 is 34.9. The third-order valence-electron chi connectivity index (χ3n) is 1.10. The Hall–Kier alpha value is -0.510. The summed E-state index contributed by atoms with van der Waals surface area (Å²) in [5, 5.41) is 0. The minimum atomic E-state index is -4.16. The molecule has 0 heterocycles.